The zero-order valence-electron chi connectivity index (χ0n) is 11.9. The molecule has 5 nitrogen and oxygen atoms in total. The third-order valence-electron chi connectivity index (χ3n) is 3.01. The molecule has 2 N–H and O–H groups in total. The fourth-order valence-electron chi connectivity index (χ4n) is 1.92. The number of aliphatic hydroxyl groups is 1. The Morgan fingerprint density at radius 2 is 2.05 bits per heavy atom. The fourth-order valence-corrected chi connectivity index (χ4v) is 3.04. The zero-order valence-corrected chi connectivity index (χ0v) is 12.7. The number of nitrogens with zero attached hydrogens (tertiary/aromatic N) is 1. The molecule has 110 valence electrons. The number of sulfonamides is 1. The summed E-state index contributed by atoms with van der Waals surface area (Å²) < 4.78 is 28.6. The highest BCUT2D eigenvalue weighted by Crippen LogP contribution is 2.18. The molecular weight excluding hydrogens is 264 g/mol. The van der Waals surface area contributed by atoms with Gasteiger partial charge < -0.3 is 9.67 Å². The molecule has 0 unspecified atom stereocenters. The summed E-state index contributed by atoms with van der Waals surface area (Å²) in [6, 6.07) is 1.65. The van der Waals surface area contributed by atoms with E-state index >= 15 is 0 Å². The average molecular weight is 288 g/mol. The molecule has 0 amide bonds. The summed E-state index contributed by atoms with van der Waals surface area (Å²) in [5, 5.41) is 9.26. The van der Waals surface area contributed by atoms with Gasteiger partial charge in [-0.2, -0.15) is 0 Å². The Hall–Kier alpha value is -0.850. The summed E-state index contributed by atoms with van der Waals surface area (Å²) in [7, 11) is -3.47. The molecule has 0 saturated carbocycles. The Labute approximate surface area is 115 Å². The van der Waals surface area contributed by atoms with Gasteiger partial charge in [0.25, 0.3) is 0 Å². The molecule has 0 spiro atoms. The minimum atomic E-state index is -3.47. The van der Waals surface area contributed by atoms with Crippen LogP contribution in [0.2, 0.25) is 0 Å². The van der Waals surface area contributed by atoms with Crippen LogP contribution in [-0.2, 0) is 16.6 Å². The van der Waals surface area contributed by atoms with Crippen molar-refractivity contribution in [3.05, 3.63) is 18.0 Å². The molecular formula is C13H24N2O3S. The Morgan fingerprint density at radius 3 is 2.53 bits per heavy atom. The maximum absolute atomic E-state index is 12.1. The SMILES string of the molecule is CCCCCNS(=O)(=O)c1cc(CO)n(C(C)C)c1. The average Bonchev–Trinajstić information content (AvgIpc) is 2.79. The van der Waals surface area contributed by atoms with Gasteiger partial charge in [-0.15, -0.1) is 0 Å². The quantitative estimate of drug-likeness (QED) is 0.719. The standard InChI is InChI=1S/C13H24N2O3S/c1-4-5-6-7-14-19(17,18)13-8-12(10-16)15(9-13)11(2)3/h8-9,11,14,16H,4-7,10H2,1-3H3. The van der Waals surface area contributed by atoms with Crippen molar-refractivity contribution in [3.8, 4) is 0 Å². The van der Waals surface area contributed by atoms with Crippen LogP contribution in [0.3, 0.4) is 0 Å². The maximum Gasteiger partial charge on any atom is 0.242 e. The van der Waals surface area contributed by atoms with Crippen molar-refractivity contribution in [3.63, 3.8) is 0 Å². The summed E-state index contributed by atoms with van der Waals surface area (Å²) in [6.45, 7) is 6.26. The molecule has 1 aromatic rings. The van der Waals surface area contributed by atoms with Gasteiger partial charge in [-0.25, -0.2) is 13.1 Å². The maximum atomic E-state index is 12.1. The molecule has 0 atom stereocenters. The third-order valence-corrected chi connectivity index (χ3v) is 4.44. The predicted octanol–water partition coefficient (Wildman–Crippen LogP) is 2.03. The van der Waals surface area contributed by atoms with Crippen LogP contribution >= 0.6 is 0 Å². The van der Waals surface area contributed by atoms with E-state index in [0.29, 0.717) is 12.2 Å². The van der Waals surface area contributed by atoms with Crippen LogP contribution in [0.25, 0.3) is 0 Å². The first-order valence-electron chi connectivity index (χ1n) is 6.73. The zero-order chi connectivity index (χ0) is 14.5. The van der Waals surface area contributed by atoms with Gasteiger partial charge in [0.15, 0.2) is 0 Å². The Kier molecular flexibility index (Phi) is 6.03. The first-order chi connectivity index (χ1) is 8.92. The van der Waals surface area contributed by atoms with Crippen LogP contribution in [0.4, 0.5) is 0 Å². The van der Waals surface area contributed by atoms with Crippen molar-refractivity contribution in [1.29, 1.82) is 0 Å². The molecule has 0 aliphatic rings. The van der Waals surface area contributed by atoms with E-state index in [1.807, 2.05) is 13.8 Å². The summed E-state index contributed by atoms with van der Waals surface area (Å²) in [6.07, 6.45) is 4.49. The summed E-state index contributed by atoms with van der Waals surface area (Å²) >= 11 is 0. The molecule has 0 aliphatic carbocycles. The highest BCUT2D eigenvalue weighted by molar-refractivity contribution is 7.89. The van der Waals surface area contributed by atoms with Gasteiger partial charge in [0.2, 0.25) is 10.0 Å². The van der Waals surface area contributed by atoms with Crippen molar-refractivity contribution >= 4 is 10.0 Å². The van der Waals surface area contributed by atoms with Crippen LogP contribution in [0.1, 0.15) is 51.8 Å². The second kappa shape index (κ2) is 7.07. The lowest BCUT2D eigenvalue weighted by atomic mass is 10.3. The van der Waals surface area contributed by atoms with Crippen LogP contribution < -0.4 is 4.72 Å². The van der Waals surface area contributed by atoms with Gasteiger partial charge in [-0.1, -0.05) is 19.8 Å². The Bertz CT molecular complexity index is 492. The molecule has 0 aromatic carbocycles. The van der Waals surface area contributed by atoms with Crippen molar-refractivity contribution in [2.75, 3.05) is 6.54 Å². The van der Waals surface area contributed by atoms with E-state index in [-0.39, 0.29) is 17.5 Å². The minimum Gasteiger partial charge on any atom is -0.390 e. The van der Waals surface area contributed by atoms with E-state index in [1.165, 1.54) is 6.07 Å². The van der Waals surface area contributed by atoms with Crippen LogP contribution in [0.15, 0.2) is 17.2 Å². The Balaban J connectivity index is 2.83. The number of unbranched alkanes of at least 4 members (excludes halogenated alkanes) is 2. The third kappa shape index (κ3) is 4.33. The normalized spacial score (nSPS) is 12.3. The Morgan fingerprint density at radius 1 is 1.37 bits per heavy atom. The molecule has 0 bridgehead atoms. The van der Waals surface area contributed by atoms with Crippen molar-refractivity contribution in [2.45, 2.75) is 57.6 Å². The molecule has 6 heteroatoms. The summed E-state index contributed by atoms with van der Waals surface area (Å²) in [5.74, 6) is 0. The highest BCUT2D eigenvalue weighted by Gasteiger charge is 2.18. The van der Waals surface area contributed by atoms with Crippen molar-refractivity contribution < 1.29 is 13.5 Å². The molecule has 0 fully saturated rings. The lowest BCUT2D eigenvalue weighted by molar-refractivity contribution is 0.268. The lowest BCUT2D eigenvalue weighted by Crippen LogP contribution is -2.24. The molecule has 1 aromatic heterocycles. The first kappa shape index (κ1) is 16.2. The van der Waals surface area contributed by atoms with E-state index in [9.17, 15) is 13.5 Å². The molecule has 0 saturated heterocycles. The predicted molar refractivity (Wildman–Crippen MR) is 75.5 cm³/mol. The summed E-state index contributed by atoms with van der Waals surface area (Å²) in [4.78, 5) is 0.224. The number of hydrogen-bond acceptors (Lipinski definition) is 3. The lowest BCUT2D eigenvalue weighted by Gasteiger charge is -2.10. The second-order valence-corrected chi connectivity index (χ2v) is 6.70. The largest absolute Gasteiger partial charge is 0.390 e. The number of aliphatic hydroxyl groups excluding tert-OH is 1. The van der Waals surface area contributed by atoms with Crippen molar-refractivity contribution in [1.82, 2.24) is 9.29 Å². The van der Waals surface area contributed by atoms with Crippen LogP contribution in [0.5, 0.6) is 0 Å². The second-order valence-electron chi connectivity index (χ2n) is 4.93. The number of aromatic nitrogens is 1. The van der Waals surface area contributed by atoms with E-state index < -0.39 is 10.0 Å². The molecule has 1 rings (SSSR count). The van der Waals surface area contributed by atoms with Gasteiger partial charge in [0, 0.05) is 24.5 Å². The highest BCUT2D eigenvalue weighted by atomic mass is 32.2. The van der Waals surface area contributed by atoms with Gasteiger partial charge in [-0.3, -0.25) is 0 Å². The fraction of sp³-hybridized carbons (Fsp3) is 0.692. The van der Waals surface area contributed by atoms with Crippen LogP contribution in [0, 0.1) is 0 Å². The monoisotopic (exact) mass is 288 g/mol. The number of rotatable bonds is 8. The number of nitrogens with one attached hydrogen (secondary N) is 1. The number of hydrogen-bond donors (Lipinski definition) is 2. The molecule has 19 heavy (non-hydrogen) atoms. The molecule has 0 aliphatic heterocycles. The van der Waals surface area contributed by atoms with Gasteiger partial charge in [0.1, 0.15) is 0 Å². The van der Waals surface area contributed by atoms with Gasteiger partial charge in [0.05, 0.1) is 11.5 Å². The van der Waals surface area contributed by atoms with E-state index in [4.69, 9.17) is 0 Å². The smallest absolute Gasteiger partial charge is 0.242 e. The molecule has 1 heterocycles. The first-order valence-corrected chi connectivity index (χ1v) is 8.22. The van der Waals surface area contributed by atoms with Gasteiger partial charge in [-0.05, 0) is 26.3 Å². The summed E-state index contributed by atoms with van der Waals surface area (Å²) in [5.41, 5.74) is 0.615. The van der Waals surface area contributed by atoms with Crippen LogP contribution in [-0.4, -0.2) is 24.6 Å². The van der Waals surface area contributed by atoms with Crippen molar-refractivity contribution in [2.24, 2.45) is 0 Å². The minimum absolute atomic E-state index is 0.117. The van der Waals surface area contributed by atoms with E-state index in [2.05, 4.69) is 11.6 Å². The van der Waals surface area contributed by atoms with E-state index in [0.717, 1.165) is 19.3 Å². The van der Waals surface area contributed by atoms with Gasteiger partial charge >= 0.3 is 0 Å². The topological polar surface area (TPSA) is 71.3 Å². The van der Waals surface area contributed by atoms with E-state index in [1.54, 1.807) is 10.8 Å². The molecule has 0 radical (unpaired) electrons.